The van der Waals surface area contributed by atoms with Crippen LogP contribution in [0.25, 0.3) is 0 Å². The first-order valence-electron chi connectivity index (χ1n) is 3.73. The zero-order valence-corrected chi connectivity index (χ0v) is 10.0. The number of carboxylic acid groups (broad SMARTS) is 1. The van der Waals surface area contributed by atoms with Crippen LogP contribution in [0.4, 0.5) is 0 Å². The Morgan fingerprint density at radius 3 is 2.15 bits per heavy atom. The van der Waals surface area contributed by atoms with Crippen molar-refractivity contribution in [1.29, 1.82) is 0 Å². The first-order chi connectivity index (χ1) is 5.50. The largest absolute Gasteiger partial charge is 0.481 e. The fourth-order valence-electron chi connectivity index (χ4n) is 0.460. The average Bonchev–Trinajstić information content (AvgIpc) is 1.86. The molecule has 0 radical (unpaired) electrons. The van der Waals surface area contributed by atoms with Gasteiger partial charge in [-0.15, -0.1) is 11.6 Å². The average molecular weight is 273 g/mol. The number of hydrogen-bond acceptors (Lipinski definition) is 1. The fraction of sp³-hybridized carbons (Fsp3) is 0.750. The number of carbonyl (C=O) groups is 1. The van der Waals surface area contributed by atoms with E-state index in [-0.39, 0.29) is 21.9 Å². The molecule has 0 saturated heterocycles. The van der Waals surface area contributed by atoms with Gasteiger partial charge in [-0.3, -0.25) is 4.79 Å². The second kappa shape index (κ2) is 15.0. The molecule has 0 bridgehead atoms. The number of unbranched alkanes of at least 4 members (excludes halogenated alkanes) is 1. The molecule has 0 aliphatic rings. The van der Waals surface area contributed by atoms with E-state index < -0.39 is 5.97 Å². The second-order valence-electron chi connectivity index (χ2n) is 2.30. The zero-order chi connectivity index (χ0) is 9.98. The molecule has 2 nitrogen and oxygen atoms in total. The van der Waals surface area contributed by atoms with E-state index in [2.05, 4.69) is 6.92 Å². The molecule has 0 aliphatic heterocycles. The van der Waals surface area contributed by atoms with Crippen LogP contribution in [0.1, 0.15) is 26.2 Å². The molecular formula is C8H15Cl2NiO2-. The summed E-state index contributed by atoms with van der Waals surface area (Å²) < 4.78 is 0. The third-order valence-corrected chi connectivity index (χ3v) is 1.39. The van der Waals surface area contributed by atoms with E-state index >= 15 is 0 Å². The summed E-state index contributed by atoms with van der Waals surface area (Å²) >= 11 is 11.0. The Balaban J connectivity index is -0.000000173. The Morgan fingerprint density at radius 2 is 1.92 bits per heavy atom. The van der Waals surface area contributed by atoms with E-state index in [1.807, 2.05) is 0 Å². The van der Waals surface area contributed by atoms with E-state index in [0.29, 0.717) is 0 Å². The predicted octanol–water partition coefficient (Wildman–Crippen LogP) is 2.93. The summed E-state index contributed by atoms with van der Waals surface area (Å²) in [6, 6.07) is 0. The van der Waals surface area contributed by atoms with Gasteiger partial charge in [-0.25, -0.2) is 0 Å². The van der Waals surface area contributed by atoms with Gasteiger partial charge in [0, 0.05) is 29.3 Å². The van der Waals surface area contributed by atoms with Crippen LogP contribution in [0.5, 0.6) is 0 Å². The van der Waals surface area contributed by atoms with Gasteiger partial charge in [-0.05, 0) is 6.42 Å². The number of rotatable bonds is 4. The third kappa shape index (κ3) is 45.4. The Bertz CT molecular complexity index is 106. The van der Waals surface area contributed by atoms with Gasteiger partial charge in [0.25, 0.3) is 5.97 Å². The molecule has 13 heavy (non-hydrogen) atoms. The summed E-state index contributed by atoms with van der Waals surface area (Å²) in [6.07, 6.45) is 3.13. The summed E-state index contributed by atoms with van der Waals surface area (Å²) in [5.74, 6) is -0.0936. The summed E-state index contributed by atoms with van der Waals surface area (Å²) in [5, 5.41) is 7.48. The number of halogens is 2. The normalized spacial score (nSPS) is 10.5. The van der Waals surface area contributed by atoms with Crippen molar-refractivity contribution in [2.75, 3.05) is 5.88 Å². The van der Waals surface area contributed by atoms with Crippen LogP contribution in [0.15, 0.2) is 0 Å². The van der Waals surface area contributed by atoms with Crippen LogP contribution in [0.3, 0.4) is 0 Å². The maximum absolute atomic E-state index is 9.00. The topological polar surface area (TPSA) is 37.3 Å². The summed E-state index contributed by atoms with van der Waals surface area (Å²) in [7, 11) is 0. The molecule has 0 spiro atoms. The maximum Gasteiger partial charge on any atom is 0.300 e. The summed E-state index contributed by atoms with van der Waals surface area (Å²) in [5.41, 5.74) is 0. The molecule has 5 heteroatoms. The molecule has 0 amide bonds. The van der Waals surface area contributed by atoms with Gasteiger partial charge in [-0.2, -0.15) is 11.6 Å². The van der Waals surface area contributed by atoms with Gasteiger partial charge >= 0.3 is 0 Å². The quantitative estimate of drug-likeness (QED) is 0.370. The molecule has 1 N–H and O–H groups in total. The van der Waals surface area contributed by atoms with Crippen LogP contribution in [-0.2, 0) is 21.3 Å². The van der Waals surface area contributed by atoms with Crippen molar-refractivity contribution < 1.29 is 26.4 Å². The van der Waals surface area contributed by atoms with Gasteiger partial charge in [0.05, 0.1) is 0 Å². The van der Waals surface area contributed by atoms with Crippen molar-refractivity contribution in [3.63, 3.8) is 0 Å². The molecule has 0 heterocycles. The Labute approximate surface area is 99.9 Å². The first kappa shape index (κ1) is 19.2. The minimum absolute atomic E-state index is 0. The smallest absolute Gasteiger partial charge is 0.300 e. The van der Waals surface area contributed by atoms with E-state index in [4.69, 9.17) is 33.1 Å². The third-order valence-electron chi connectivity index (χ3n) is 0.901. The van der Waals surface area contributed by atoms with Crippen molar-refractivity contribution in [2.24, 2.45) is 0 Å². The molecular weight excluding hydrogens is 258 g/mol. The Kier molecular flexibility index (Phi) is 22.2. The standard InChI is InChI=1S/C6H11Cl2.C2H4O2.Ni/c1-6(8)4-2-3-5-7;1-2(3)4;/h6H,1-5H2;1H3,(H,3,4);/q-1;;. The molecule has 0 rings (SSSR count). The van der Waals surface area contributed by atoms with Crippen LogP contribution >= 0.6 is 23.2 Å². The van der Waals surface area contributed by atoms with E-state index in [1.54, 1.807) is 0 Å². The fourth-order valence-corrected chi connectivity index (χ4v) is 0.804. The second-order valence-corrected chi connectivity index (χ2v) is 3.30. The predicted molar refractivity (Wildman–Crippen MR) is 52.9 cm³/mol. The Morgan fingerprint density at radius 1 is 1.54 bits per heavy atom. The SMILES string of the molecule is CC(=O)O.[CH2-]C(Cl)CCCCCl.[Ni]. The van der Waals surface area contributed by atoms with Gasteiger partial charge in [0.1, 0.15) is 0 Å². The number of hydrogen-bond donors (Lipinski definition) is 1. The van der Waals surface area contributed by atoms with Crippen molar-refractivity contribution in [3.05, 3.63) is 6.92 Å². The minimum atomic E-state index is -0.833. The summed E-state index contributed by atoms with van der Waals surface area (Å²) in [4.78, 5) is 9.00. The molecule has 0 aromatic rings. The number of aliphatic carboxylic acids is 1. The van der Waals surface area contributed by atoms with Crippen molar-refractivity contribution in [3.8, 4) is 0 Å². The zero-order valence-electron chi connectivity index (χ0n) is 7.54. The number of carboxylic acids is 1. The van der Waals surface area contributed by atoms with E-state index in [1.165, 1.54) is 0 Å². The van der Waals surface area contributed by atoms with Crippen molar-refractivity contribution in [2.45, 2.75) is 31.6 Å². The monoisotopic (exact) mass is 271 g/mol. The van der Waals surface area contributed by atoms with Gasteiger partial charge in [0.15, 0.2) is 0 Å². The number of alkyl halides is 2. The molecule has 84 valence electrons. The Hall–Kier alpha value is 0.544. The summed E-state index contributed by atoms with van der Waals surface area (Å²) in [6.45, 7) is 4.72. The molecule has 1 unspecified atom stereocenters. The molecule has 0 aromatic carbocycles. The van der Waals surface area contributed by atoms with Gasteiger partial charge < -0.3 is 12.0 Å². The van der Waals surface area contributed by atoms with Crippen molar-refractivity contribution in [1.82, 2.24) is 0 Å². The molecule has 0 saturated carbocycles. The van der Waals surface area contributed by atoms with Crippen LogP contribution in [-0.4, -0.2) is 22.3 Å². The van der Waals surface area contributed by atoms with Crippen LogP contribution < -0.4 is 0 Å². The maximum atomic E-state index is 9.00. The molecule has 1 atom stereocenters. The molecule has 0 aliphatic carbocycles. The van der Waals surface area contributed by atoms with Gasteiger partial charge in [0.2, 0.25) is 0 Å². The molecule has 0 aromatic heterocycles. The minimum Gasteiger partial charge on any atom is -0.481 e. The van der Waals surface area contributed by atoms with E-state index in [9.17, 15) is 0 Å². The first-order valence-corrected chi connectivity index (χ1v) is 4.70. The van der Waals surface area contributed by atoms with Gasteiger partial charge in [-0.1, -0.05) is 18.2 Å². The van der Waals surface area contributed by atoms with Crippen molar-refractivity contribution >= 4 is 29.2 Å². The van der Waals surface area contributed by atoms with Crippen LogP contribution in [0, 0.1) is 6.92 Å². The van der Waals surface area contributed by atoms with E-state index in [0.717, 1.165) is 32.1 Å². The molecule has 0 fully saturated rings. The van der Waals surface area contributed by atoms with Crippen LogP contribution in [0.2, 0.25) is 0 Å².